The Morgan fingerprint density at radius 1 is 1.10 bits per heavy atom. The van der Waals surface area contributed by atoms with E-state index in [-0.39, 0.29) is 24.4 Å². The molecule has 3 rings (SSSR count). The second-order valence-electron chi connectivity index (χ2n) is 7.50. The van der Waals surface area contributed by atoms with E-state index in [4.69, 9.17) is 9.47 Å². The van der Waals surface area contributed by atoms with Crippen molar-refractivity contribution in [3.8, 4) is 5.75 Å². The topological polar surface area (TPSA) is 54.0 Å². The van der Waals surface area contributed by atoms with Gasteiger partial charge in [0, 0.05) is 37.4 Å². The lowest BCUT2D eigenvalue weighted by Gasteiger charge is -2.36. The monoisotopic (exact) mass is 415 g/mol. The highest BCUT2D eigenvalue weighted by Crippen LogP contribution is 2.28. The molecule has 6 nitrogen and oxygen atoms in total. The number of anilines is 1. The summed E-state index contributed by atoms with van der Waals surface area (Å²) in [4.78, 5) is 16.8. The number of benzene rings is 2. The predicted molar refractivity (Wildman–Crippen MR) is 115 cm³/mol. The van der Waals surface area contributed by atoms with E-state index in [1.54, 1.807) is 6.07 Å². The third kappa shape index (κ3) is 6.43. The van der Waals surface area contributed by atoms with Crippen molar-refractivity contribution < 1.29 is 18.7 Å². The highest BCUT2D eigenvalue weighted by atomic mass is 19.1. The van der Waals surface area contributed by atoms with Gasteiger partial charge in [-0.15, -0.1) is 0 Å². The predicted octanol–water partition coefficient (Wildman–Crippen LogP) is 2.85. The minimum absolute atomic E-state index is 0.0678. The number of nitrogens with one attached hydrogen (secondary N) is 1. The number of halogens is 1. The first-order chi connectivity index (χ1) is 14.5. The largest absolute Gasteiger partial charge is 0.491 e. The number of rotatable bonds is 9. The van der Waals surface area contributed by atoms with Gasteiger partial charge in [0.15, 0.2) is 0 Å². The molecule has 1 N–H and O–H groups in total. The van der Waals surface area contributed by atoms with Crippen molar-refractivity contribution in [2.24, 2.45) is 0 Å². The highest BCUT2D eigenvalue weighted by molar-refractivity contribution is 5.78. The number of carbonyl (C=O) groups is 1. The van der Waals surface area contributed by atoms with Crippen LogP contribution >= 0.6 is 0 Å². The number of hydrogen-bond donors (Lipinski definition) is 1. The SMILES string of the molecule is CC(NC(=O)COCCOc1ccccc1)c1cc(F)ccc1N1CCN(C)CC1. The Labute approximate surface area is 177 Å². The molecule has 2 aromatic carbocycles. The number of piperazine rings is 1. The lowest BCUT2D eigenvalue weighted by molar-refractivity contribution is -0.126. The van der Waals surface area contributed by atoms with E-state index in [0.29, 0.717) is 13.2 Å². The fraction of sp³-hybridized carbons (Fsp3) is 0.435. The number of amides is 1. The quantitative estimate of drug-likeness (QED) is 0.639. The average Bonchev–Trinajstić information content (AvgIpc) is 2.75. The van der Waals surface area contributed by atoms with Gasteiger partial charge in [-0.2, -0.15) is 0 Å². The van der Waals surface area contributed by atoms with E-state index >= 15 is 0 Å². The van der Waals surface area contributed by atoms with Crippen molar-refractivity contribution >= 4 is 11.6 Å². The van der Waals surface area contributed by atoms with Gasteiger partial charge in [0.05, 0.1) is 12.6 Å². The van der Waals surface area contributed by atoms with Crippen molar-refractivity contribution in [3.63, 3.8) is 0 Å². The molecule has 1 atom stereocenters. The van der Waals surface area contributed by atoms with Gasteiger partial charge in [0.2, 0.25) is 5.91 Å². The van der Waals surface area contributed by atoms with Gasteiger partial charge in [0.1, 0.15) is 24.8 Å². The third-order valence-corrected chi connectivity index (χ3v) is 5.15. The van der Waals surface area contributed by atoms with Gasteiger partial charge >= 0.3 is 0 Å². The molecule has 0 aromatic heterocycles. The maximum atomic E-state index is 13.9. The normalized spacial score (nSPS) is 15.6. The molecule has 1 fully saturated rings. The maximum absolute atomic E-state index is 13.9. The summed E-state index contributed by atoms with van der Waals surface area (Å²) in [7, 11) is 2.09. The highest BCUT2D eigenvalue weighted by Gasteiger charge is 2.21. The summed E-state index contributed by atoms with van der Waals surface area (Å²) in [5.41, 5.74) is 1.75. The van der Waals surface area contributed by atoms with E-state index in [2.05, 4.69) is 22.2 Å². The van der Waals surface area contributed by atoms with Crippen LogP contribution in [0.15, 0.2) is 48.5 Å². The maximum Gasteiger partial charge on any atom is 0.246 e. The molecule has 1 unspecified atom stereocenters. The molecular weight excluding hydrogens is 385 g/mol. The van der Waals surface area contributed by atoms with Gasteiger partial charge in [-0.1, -0.05) is 18.2 Å². The Bertz CT molecular complexity index is 811. The van der Waals surface area contributed by atoms with Crippen LogP contribution in [-0.2, 0) is 9.53 Å². The molecule has 0 aliphatic carbocycles. The lowest BCUT2D eigenvalue weighted by Crippen LogP contribution is -2.45. The fourth-order valence-electron chi connectivity index (χ4n) is 3.47. The smallest absolute Gasteiger partial charge is 0.246 e. The van der Waals surface area contributed by atoms with Gasteiger partial charge in [-0.25, -0.2) is 4.39 Å². The van der Waals surface area contributed by atoms with E-state index in [1.807, 2.05) is 37.3 Å². The van der Waals surface area contributed by atoms with Crippen molar-refractivity contribution in [2.75, 3.05) is 57.9 Å². The molecule has 0 bridgehead atoms. The molecular formula is C23H30FN3O3. The second-order valence-corrected chi connectivity index (χ2v) is 7.50. The Morgan fingerprint density at radius 2 is 1.83 bits per heavy atom. The number of carbonyl (C=O) groups excluding carboxylic acids is 1. The molecule has 162 valence electrons. The van der Waals surface area contributed by atoms with Crippen LogP contribution in [0.1, 0.15) is 18.5 Å². The standard InChI is InChI=1S/C23H30FN3O3/c1-18(25-23(28)17-29-14-15-30-20-6-4-3-5-7-20)21-16-19(24)8-9-22(21)27-12-10-26(2)11-13-27/h3-9,16,18H,10-15,17H2,1-2H3,(H,25,28). The molecule has 0 saturated carbocycles. The van der Waals surface area contributed by atoms with Crippen LogP contribution in [-0.4, -0.2) is 63.9 Å². The zero-order valence-corrected chi connectivity index (χ0v) is 17.6. The third-order valence-electron chi connectivity index (χ3n) is 5.15. The molecule has 2 aromatic rings. The molecule has 1 amide bonds. The van der Waals surface area contributed by atoms with Crippen molar-refractivity contribution in [2.45, 2.75) is 13.0 Å². The number of hydrogen-bond acceptors (Lipinski definition) is 5. The summed E-state index contributed by atoms with van der Waals surface area (Å²) < 4.78 is 24.9. The summed E-state index contributed by atoms with van der Waals surface area (Å²) in [6.07, 6.45) is 0. The van der Waals surface area contributed by atoms with Crippen LogP contribution in [0.5, 0.6) is 5.75 Å². The molecule has 1 saturated heterocycles. The second kappa shape index (κ2) is 10.9. The molecule has 0 spiro atoms. The number of nitrogens with zero attached hydrogens (tertiary/aromatic N) is 2. The van der Waals surface area contributed by atoms with Crippen molar-refractivity contribution in [3.05, 3.63) is 59.9 Å². The zero-order chi connectivity index (χ0) is 21.3. The van der Waals surface area contributed by atoms with Crippen LogP contribution in [0, 0.1) is 5.82 Å². The number of likely N-dealkylation sites (N-methyl/N-ethyl adjacent to an activating group) is 1. The minimum Gasteiger partial charge on any atom is -0.491 e. The Morgan fingerprint density at radius 3 is 2.57 bits per heavy atom. The first-order valence-corrected chi connectivity index (χ1v) is 10.3. The van der Waals surface area contributed by atoms with Gasteiger partial charge in [-0.3, -0.25) is 4.79 Å². The molecule has 7 heteroatoms. The van der Waals surface area contributed by atoms with Crippen LogP contribution in [0.25, 0.3) is 0 Å². The van der Waals surface area contributed by atoms with E-state index in [9.17, 15) is 9.18 Å². The van der Waals surface area contributed by atoms with Gasteiger partial charge in [0.25, 0.3) is 0 Å². The fourth-order valence-corrected chi connectivity index (χ4v) is 3.47. The minimum atomic E-state index is -0.327. The van der Waals surface area contributed by atoms with Crippen LogP contribution in [0.3, 0.4) is 0 Å². The molecule has 0 radical (unpaired) electrons. The van der Waals surface area contributed by atoms with Crippen LogP contribution in [0.2, 0.25) is 0 Å². The van der Waals surface area contributed by atoms with Crippen molar-refractivity contribution in [1.82, 2.24) is 10.2 Å². The zero-order valence-electron chi connectivity index (χ0n) is 17.6. The van der Waals surface area contributed by atoms with Gasteiger partial charge < -0.3 is 24.6 Å². The summed E-state index contributed by atoms with van der Waals surface area (Å²) in [5, 5.41) is 2.91. The van der Waals surface area contributed by atoms with Crippen LogP contribution < -0.4 is 15.0 Å². The number of para-hydroxylation sites is 1. The molecule has 1 heterocycles. The Kier molecular flexibility index (Phi) is 8.04. The number of ether oxygens (including phenoxy) is 2. The van der Waals surface area contributed by atoms with E-state index < -0.39 is 0 Å². The Hall–Kier alpha value is -2.64. The lowest BCUT2D eigenvalue weighted by atomic mass is 10.0. The summed E-state index contributed by atoms with van der Waals surface area (Å²) in [6.45, 7) is 6.13. The summed E-state index contributed by atoms with van der Waals surface area (Å²) in [5.74, 6) is 0.218. The summed E-state index contributed by atoms with van der Waals surface area (Å²) >= 11 is 0. The molecule has 30 heavy (non-hydrogen) atoms. The van der Waals surface area contributed by atoms with E-state index in [1.165, 1.54) is 12.1 Å². The van der Waals surface area contributed by atoms with Crippen molar-refractivity contribution in [1.29, 1.82) is 0 Å². The average molecular weight is 416 g/mol. The van der Waals surface area contributed by atoms with E-state index in [0.717, 1.165) is 43.2 Å². The first kappa shape index (κ1) is 22.1. The first-order valence-electron chi connectivity index (χ1n) is 10.3. The molecule has 1 aliphatic heterocycles. The summed E-state index contributed by atoms with van der Waals surface area (Å²) in [6, 6.07) is 13.9. The van der Waals surface area contributed by atoms with Crippen LogP contribution in [0.4, 0.5) is 10.1 Å². The molecule has 1 aliphatic rings. The van der Waals surface area contributed by atoms with Gasteiger partial charge in [-0.05, 0) is 44.3 Å². The Balaban J connectivity index is 1.48.